The normalized spacial score (nSPS) is 16.8. The number of amides is 1. The fourth-order valence-corrected chi connectivity index (χ4v) is 3.06. The van der Waals surface area contributed by atoms with Crippen molar-refractivity contribution in [1.82, 2.24) is 9.97 Å². The van der Waals surface area contributed by atoms with Gasteiger partial charge in [-0.05, 0) is 53.4 Å². The molecule has 0 saturated carbocycles. The average molecular weight is 391 g/mol. The number of rotatable bonds is 5. The molecular formula is C17H19BrN4O2. The van der Waals surface area contributed by atoms with Gasteiger partial charge in [-0.15, -0.1) is 0 Å². The van der Waals surface area contributed by atoms with Gasteiger partial charge in [0.2, 0.25) is 0 Å². The molecule has 3 rings (SSSR count). The molecule has 2 aromatic rings. The summed E-state index contributed by atoms with van der Waals surface area (Å²) in [5, 5.41) is 6.00. The Labute approximate surface area is 149 Å². The van der Waals surface area contributed by atoms with Crippen LogP contribution >= 0.6 is 15.9 Å². The van der Waals surface area contributed by atoms with Gasteiger partial charge >= 0.3 is 0 Å². The van der Waals surface area contributed by atoms with Crippen molar-refractivity contribution in [1.29, 1.82) is 0 Å². The van der Waals surface area contributed by atoms with E-state index in [1.54, 1.807) is 6.20 Å². The smallest absolute Gasteiger partial charge is 0.275 e. The molecule has 1 aliphatic rings. The zero-order valence-electron chi connectivity index (χ0n) is 13.4. The number of halogens is 1. The molecule has 0 radical (unpaired) electrons. The van der Waals surface area contributed by atoms with Crippen molar-refractivity contribution in [2.24, 2.45) is 0 Å². The Morgan fingerprint density at radius 1 is 1.38 bits per heavy atom. The Kier molecular flexibility index (Phi) is 5.42. The number of carbonyl (C=O) groups is 1. The molecular weight excluding hydrogens is 372 g/mol. The van der Waals surface area contributed by atoms with Crippen molar-refractivity contribution >= 4 is 33.3 Å². The maximum atomic E-state index is 12.3. The lowest BCUT2D eigenvalue weighted by atomic mass is 10.2. The third kappa shape index (κ3) is 4.30. The molecule has 1 unspecified atom stereocenters. The summed E-state index contributed by atoms with van der Waals surface area (Å²) in [6, 6.07) is 5.73. The minimum Gasteiger partial charge on any atom is -0.376 e. The van der Waals surface area contributed by atoms with Gasteiger partial charge in [0.1, 0.15) is 11.5 Å². The Hall–Kier alpha value is -1.99. The first-order valence-electron chi connectivity index (χ1n) is 7.87. The third-order valence-corrected chi connectivity index (χ3v) is 4.45. The van der Waals surface area contributed by atoms with Gasteiger partial charge in [0, 0.05) is 17.6 Å². The van der Waals surface area contributed by atoms with Gasteiger partial charge < -0.3 is 15.4 Å². The highest BCUT2D eigenvalue weighted by Crippen LogP contribution is 2.23. The maximum absolute atomic E-state index is 12.3. The van der Waals surface area contributed by atoms with Gasteiger partial charge in [0.05, 0.1) is 24.2 Å². The Bertz CT molecular complexity index is 715. The van der Waals surface area contributed by atoms with Crippen molar-refractivity contribution in [3.05, 3.63) is 46.3 Å². The quantitative estimate of drug-likeness (QED) is 0.817. The summed E-state index contributed by atoms with van der Waals surface area (Å²) in [6.45, 7) is 3.52. The highest BCUT2D eigenvalue weighted by molar-refractivity contribution is 9.10. The standard InChI is InChI=1S/C17H19BrN4O2/c1-11-4-5-14(13(18)7-11)22-17(23)15-9-21-16(10-19-15)20-8-12-3-2-6-24-12/h4-5,7,9-10,12H,2-3,6,8H2,1H3,(H,20,21)(H,22,23). The van der Waals surface area contributed by atoms with E-state index in [9.17, 15) is 4.79 Å². The van der Waals surface area contributed by atoms with Crippen LogP contribution in [0.15, 0.2) is 35.1 Å². The first-order valence-corrected chi connectivity index (χ1v) is 8.66. The molecule has 1 saturated heterocycles. The van der Waals surface area contributed by atoms with E-state index in [0.29, 0.717) is 18.1 Å². The van der Waals surface area contributed by atoms with Crippen molar-refractivity contribution in [2.75, 3.05) is 23.8 Å². The molecule has 0 bridgehead atoms. The topological polar surface area (TPSA) is 76.1 Å². The zero-order chi connectivity index (χ0) is 16.9. The molecule has 2 N–H and O–H groups in total. The second-order valence-corrected chi connectivity index (χ2v) is 6.59. The Balaban J connectivity index is 1.58. The molecule has 1 aromatic heterocycles. The SMILES string of the molecule is Cc1ccc(NC(=O)c2cnc(NCC3CCCO3)cn2)c(Br)c1. The molecule has 1 atom stereocenters. The molecule has 1 amide bonds. The predicted molar refractivity (Wildman–Crippen MR) is 96.3 cm³/mol. The van der Waals surface area contributed by atoms with Gasteiger partial charge in [-0.25, -0.2) is 9.97 Å². The van der Waals surface area contributed by atoms with Crippen LogP contribution in [0.25, 0.3) is 0 Å². The molecule has 126 valence electrons. The highest BCUT2D eigenvalue weighted by Gasteiger charge is 2.15. The molecule has 2 heterocycles. The van der Waals surface area contributed by atoms with Crippen molar-refractivity contribution < 1.29 is 9.53 Å². The zero-order valence-corrected chi connectivity index (χ0v) is 15.0. The fourth-order valence-electron chi connectivity index (χ4n) is 2.47. The van der Waals surface area contributed by atoms with E-state index < -0.39 is 0 Å². The van der Waals surface area contributed by atoms with E-state index in [4.69, 9.17) is 4.74 Å². The van der Waals surface area contributed by atoms with E-state index in [0.717, 1.165) is 29.5 Å². The third-order valence-electron chi connectivity index (χ3n) is 3.79. The monoisotopic (exact) mass is 390 g/mol. The number of aromatic nitrogens is 2. The number of hydrogen-bond acceptors (Lipinski definition) is 5. The summed E-state index contributed by atoms with van der Waals surface area (Å²) in [5.41, 5.74) is 2.08. The number of ether oxygens (including phenoxy) is 1. The van der Waals surface area contributed by atoms with Crippen LogP contribution in [0.5, 0.6) is 0 Å². The lowest BCUT2D eigenvalue weighted by Crippen LogP contribution is -2.19. The fraction of sp³-hybridized carbons (Fsp3) is 0.353. The van der Waals surface area contributed by atoms with Crippen molar-refractivity contribution in [2.45, 2.75) is 25.9 Å². The number of carbonyl (C=O) groups excluding carboxylic acids is 1. The number of aryl methyl sites for hydroxylation is 1. The summed E-state index contributed by atoms with van der Waals surface area (Å²) in [6.07, 6.45) is 5.43. The van der Waals surface area contributed by atoms with Gasteiger partial charge in [-0.1, -0.05) is 6.07 Å². The molecule has 24 heavy (non-hydrogen) atoms. The lowest BCUT2D eigenvalue weighted by molar-refractivity contribution is 0.102. The van der Waals surface area contributed by atoms with Gasteiger partial charge in [-0.3, -0.25) is 4.79 Å². The summed E-state index contributed by atoms with van der Waals surface area (Å²) in [5.74, 6) is 0.344. The van der Waals surface area contributed by atoms with Crippen LogP contribution < -0.4 is 10.6 Å². The second-order valence-electron chi connectivity index (χ2n) is 5.74. The minimum atomic E-state index is -0.294. The van der Waals surface area contributed by atoms with E-state index in [-0.39, 0.29) is 17.7 Å². The first kappa shape index (κ1) is 16.9. The molecule has 0 spiro atoms. The first-order chi connectivity index (χ1) is 11.6. The Morgan fingerprint density at radius 2 is 2.25 bits per heavy atom. The number of hydrogen-bond donors (Lipinski definition) is 2. The maximum Gasteiger partial charge on any atom is 0.275 e. The van der Waals surface area contributed by atoms with Gasteiger partial charge in [0.25, 0.3) is 5.91 Å². The predicted octanol–water partition coefficient (Wildman–Crippen LogP) is 3.39. The molecule has 1 fully saturated rings. The van der Waals surface area contributed by atoms with Gasteiger partial charge in [0.15, 0.2) is 0 Å². The largest absolute Gasteiger partial charge is 0.376 e. The molecule has 1 aliphatic heterocycles. The van der Waals surface area contributed by atoms with Crippen molar-refractivity contribution in [3.63, 3.8) is 0 Å². The van der Waals surface area contributed by atoms with Crippen LogP contribution in [0, 0.1) is 6.92 Å². The van der Waals surface area contributed by atoms with Crippen LogP contribution in [-0.2, 0) is 4.74 Å². The van der Waals surface area contributed by atoms with E-state index in [2.05, 4.69) is 36.5 Å². The van der Waals surface area contributed by atoms with Crippen LogP contribution in [-0.4, -0.2) is 35.1 Å². The van der Waals surface area contributed by atoms with E-state index in [1.165, 1.54) is 6.20 Å². The number of benzene rings is 1. The summed E-state index contributed by atoms with van der Waals surface area (Å²) < 4.78 is 6.38. The summed E-state index contributed by atoms with van der Waals surface area (Å²) in [7, 11) is 0. The molecule has 0 aliphatic carbocycles. The second kappa shape index (κ2) is 7.72. The van der Waals surface area contributed by atoms with Crippen LogP contribution in [0.1, 0.15) is 28.9 Å². The van der Waals surface area contributed by atoms with E-state index >= 15 is 0 Å². The molecule has 1 aromatic carbocycles. The molecule has 7 heteroatoms. The molecule has 6 nitrogen and oxygen atoms in total. The van der Waals surface area contributed by atoms with Crippen LogP contribution in [0.4, 0.5) is 11.5 Å². The summed E-state index contributed by atoms with van der Waals surface area (Å²) in [4.78, 5) is 20.7. The Morgan fingerprint density at radius 3 is 2.92 bits per heavy atom. The number of anilines is 2. The van der Waals surface area contributed by atoms with E-state index in [1.807, 2.05) is 25.1 Å². The van der Waals surface area contributed by atoms with Gasteiger partial charge in [-0.2, -0.15) is 0 Å². The number of nitrogens with zero attached hydrogens (tertiary/aromatic N) is 2. The lowest BCUT2D eigenvalue weighted by Gasteiger charge is -2.11. The number of nitrogens with one attached hydrogen (secondary N) is 2. The minimum absolute atomic E-state index is 0.230. The highest BCUT2D eigenvalue weighted by atomic mass is 79.9. The summed E-state index contributed by atoms with van der Waals surface area (Å²) >= 11 is 3.44. The van der Waals surface area contributed by atoms with Crippen molar-refractivity contribution in [3.8, 4) is 0 Å². The van der Waals surface area contributed by atoms with Crippen LogP contribution in [0.3, 0.4) is 0 Å². The average Bonchev–Trinajstić information content (AvgIpc) is 3.09. The van der Waals surface area contributed by atoms with Crippen LogP contribution in [0.2, 0.25) is 0 Å².